The van der Waals surface area contributed by atoms with E-state index in [0.717, 1.165) is 51.1 Å². The summed E-state index contributed by atoms with van der Waals surface area (Å²) in [5.74, 6) is -0.0493. The molecule has 1 aromatic carbocycles. The predicted molar refractivity (Wildman–Crippen MR) is 108 cm³/mol. The van der Waals surface area contributed by atoms with Gasteiger partial charge in [0.15, 0.2) is 0 Å². The Balaban J connectivity index is 1.50. The normalized spacial score (nSPS) is 20.6. The van der Waals surface area contributed by atoms with Gasteiger partial charge >= 0.3 is 0 Å². The molecule has 3 rings (SSSR count). The van der Waals surface area contributed by atoms with Gasteiger partial charge in [-0.15, -0.1) is 0 Å². The fourth-order valence-electron chi connectivity index (χ4n) is 3.69. The molecule has 28 heavy (non-hydrogen) atoms. The van der Waals surface area contributed by atoms with Crippen molar-refractivity contribution in [1.29, 1.82) is 0 Å². The van der Waals surface area contributed by atoms with E-state index >= 15 is 0 Å². The Morgan fingerprint density at radius 1 is 1.07 bits per heavy atom. The highest BCUT2D eigenvalue weighted by Gasteiger charge is 2.25. The first kappa shape index (κ1) is 21.2. The Bertz CT molecular complexity index is 739. The van der Waals surface area contributed by atoms with Crippen molar-refractivity contribution in [3.63, 3.8) is 0 Å². The van der Waals surface area contributed by atoms with Gasteiger partial charge in [0.1, 0.15) is 0 Å². The summed E-state index contributed by atoms with van der Waals surface area (Å²) in [6.45, 7) is 7.15. The van der Waals surface area contributed by atoms with Crippen LogP contribution >= 0.6 is 0 Å². The summed E-state index contributed by atoms with van der Waals surface area (Å²) < 4.78 is 32.3. The highest BCUT2D eigenvalue weighted by atomic mass is 32.2. The molecule has 0 radical (unpaired) electrons. The second-order valence-corrected chi connectivity index (χ2v) is 9.52. The van der Waals surface area contributed by atoms with Gasteiger partial charge in [-0.05, 0) is 37.5 Å². The van der Waals surface area contributed by atoms with E-state index in [1.54, 1.807) is 28.6 Å². The largest absolute Gasteiger partial charge is 0.379 e. The van der Waals surface area contributed by atoms with Crippen molar-refractivity contribution in [1.82, 2.24) is 14.5 Å². The van der Waals surface area contributed by atoms with Crippen molar-refractivity contribution in [2.75, 3.05) is 45.9 Å². The highest BCUT2D eigenvalue weighted by Crippen LogP contribution is 2.21. The Morgan fingerprint density at radius 3 is 2.36 bits per heavy atom. The van der Waals surface area contributed by atoms with Gasteiger partial charge in [0, 0.05) is 38.8 Å². The summed E-state index contributed by atoms with van der Waals surface area (Å²) in [5, 5.41) is 2.98. The molecular weight excluding hydrogens is 378 g/mol. The molecule has 1 aromatic rings. The van der Waals surface area contributed by atoms with Gasteiger partial charge < -0.3 is 10.1 Å². The maximum absolute atomic E-state index is 12.7. The summed E-state index contributed by atoms with van der Waals surface area (Å²) >= 11 is 0. The minimum atomic E-state index is -3.42. The second-order valence-electron chi connectivity index (χ2n) is 7.59. The average molecular weight is 410 g/mol. The number of nitrogens with zero attached hydrogens (tertiary/aromatic N) is 2. The molecule has 0 aromatic heterocycles. The average Bonchev–Trinajstić information content (AvgIpc) is 2.73. The number of piperidine rings is 1. The van der Waals surface area contributed by atoms with Crippen molar-refractivity contribution in [3.8, 4) is 0 Å². The number of rotatable bonds is 7. The number of carbonyl (C=O) groups is 1. The Labute approximate surface area is 168 Å². The minimum Gasteiger partial charge on any atom is -0.379 e. The fraction of sp³-hybridized carbons (Fsp3) is 0.650. The molecule has 2 saturated heterocycles. The molecule has 1 N–H and O–H groups in total. The monoisotopic (exact) mass is 409 g/mol. The number of hydrogen-bond acceptors (Lipinski definition) is 5. The molecule has 0 aliphatic carbocycles. The van der Waals surface area contributed by atoms with Crippen molar-refractivity contribution in [3.05, 3.63) is 29.8 Å². The van der Waals surface area contributed by atoms with Crippen LogP contribution in [0.4, 0.5) is 0 Å². The molecule has 7 nitrogen and oxygen atoms in total. The van der Waals surface area contributed by atoms with Crippen LogP contribution in [-0.4, -0.2) is 75.5 Å². The van der Waals surface area contributed by atoms with E-state index in [2.05, 4.69) is 17.1 Å². The van der Waals surface area contributed by atoms with Crippen LogP contribution in [0.2, 0.25) is 0 Å². The van der Waals surface area contributed by atoms with Crippen molar-refractivity contribution in [2.45, 2.75) is 43.5 Å². The lowest BCUT2D eigenvalue weighted by molar-refractivity contribution is -0.120. The van der Waals surface area contributed by atoms with Crippen molar-refractivity contribution < 1.29 is 17.9 Å². The predicted octanol–water partition coefficient (Wildman–Crippen LogP) is 1.24. The zero-order valence-electron chi connectivity index (χ0n) is 16.6. The summed E-state index contributed by atoms with van der Waals surface area (Å²) in [6.07, 6.45) is 3.17. The number of hydrogen-bond donors (Lipinski definition) is 1. The number of ether oxygens (including phenoxy) is 1. The number of amides is 1. The van der Waals surface area contributed by atoms with Gasteiger partial charge in [0.2, 0.25) is 15.9 Å². The molecule has 156 valence electrons. The zero-order chi connectivity index (χ0) is 20.0. The van der Waals surface area contributed by atoms with Crippen LogP contribution < -0.4 is 5.32 Å². The van der Waals surface area contributed by atoms with E-state index in [4.69, 9.17) is 4.74 Å². The second kappa shape index (κ2) is 9.82. The molecule has 1 amide bonds. The van der Waals surface area contributed by atoms with E-state index in [9.17, 15) is 13.2 Å². The first-order valence-corrected chi connectivity index (χ1v) is 11.6. The van der Waals surface area contributed by atoms with E-state index in [1.807, 2.05) is 0 Å². The van der Waals surface area contributed by atoms with Gasteiger partial charge in [-0.3, -0.25) is 9.69 Å². The molecule has 0 saturated carbocycles. The van der Waals surface area contributed by atoms with Crippen molar-refractivity contribution >= 4 is 15.9 Å². The highest BCUT2D eigenvalue weighted by molar-refractivity contribution is 7.89. The summed E-state index contributed by atoms with van der Waals surface area (Å²) in [5.41, 5.74) is 0.814. The number of sulfonamides is 1. The molecule has 2 aliphatic rings. The van der Waals surface area contributed by atoms with Gasteiger partial charge in [-0.25, -0.2) is 8.42 Å². The van der Waals surface area contributed by atoms with E-state index < -0.39 is 10.0 Å². The summed E-state index contributed by atoms with van der Waals surface area (Å²) in [4.78, 5) is 14.9. The van der Waals surface area contributed by atoms with Gasteiger partial charge in [0.25, 0.3) is 0 Å². The fourth-order valence-corrected chi connectivity index (χ4v) is 5.21. The maximum atomic E-state index is 12.7. The lowest BCUT2D eigenvalue weighted by Gasteiger charge is -2.32. The van der Waals surface area contributed by atoms with E-state index in [-0.39, 0.29) is 18.4 Å². The van der Waals surface area contributed by atoms with Crippen molar-refractivity contribution in [2.24, 2.45) is 0 Å². The smallest absolute Gasteiger partial charge is 0.243 e. The first-order valence-electron chi connectivity index (χ1n) is 10.1. The third-order valence-electron chi connectivity index (χ3n) is 5.50. The van der Waals surface area contributed by atoms with Crippen LogP contribution in [-0.2, 0) is 26.0 Å². The van der Waals surface area contributed by atoms with Crippen LogP contribution in [0.15, 0.2) is 29.2 Å². The van der Waals surface area contributed by atoms with Gasteiger partial charge in [-0.2, -0.15) is 4.31 Å². The summed E-state index contributed by atoms with van der Waals surface area (Å²) in [6, 6.07) is 6.97. The third kappa shape index (κ3) is 5.53. The quantitative estimate of drug-likeness (QED) is 0.733. The van der Waals surface area contributed by atoms with Crippen LogP contribution in [0, 0.1) is 0 Å². The SMILES string of the molecule is CC(CNC(=O)Cc1ccc(S(=O)(=O)N2CCCCC2)cc1)N1CCOCC1. The first-order chi connectivity index (χ1) is 13.5. The standard InChI is InChI=1S/C20H31N3O4S/c1-17(22-11-13-27-14-12-22)16-21-20(24)15-18-5-7-19(8-6-18)28(25,26)23-9-3-2-4-10-23/h5-8,17H,2-4,9-16H2,1H3,(H,21,24). The minimum absolute atomic E-state index is 0.0493. The maximum Gasteiger partial charge on any atom is 0.243 e. The van der Waals surface area contributed by atoms with Crippen LogP contribution in [0.5, 0.6) is 0 Å². The Kier molecular flexibility index (Phi) is 7.45. The number of carbonyl (C=O) groups excluding carboxylic acids is 1. The Morgan fingerprint density at radius 2 is 1.71 bits per heavy atom. The molecule has 2 fully saturated rings. The topological polar surface area (TPSA) is 79.0 Å². The molecule has 2 heterocycles. The molecule has 1 atom stereocenters. The lowest BCUT2D eigenvalue weighted by Crippen LogP contribution is -2.47. The summed E-state index contributed by atoms with van der Waals surface area (Å²) in [7, 11) is -3.42. The van der Waals surface area contributed by atoms with Crippen LogP contribution in [0.3, 0.4) is 0 Å². The molecule has 0 spiro atoms. The van der Waals surface area contributed by atoms with Gasteiger partial charge in [-0.1, -0.05) is 18.6 Å². The van der Waals surface area contributed by atoms with E-state index in [1.165, 1.54) is 0 Å². The number of benzene rings is 1. The molecular formula is C20H31N3O4S. The van der Waals surface area contributed by atoms with E-state index in [0.29, 0.717) is 24.5 Å². The molecule has 1 unspecified atom stereocenters. The number of morpholine rings is 1. The van der Waals surface area contributed by atoms with Crippen LogP contribution in [0.25, 0.3) is 0 Å². The lowest BCUT2D eigenvalue weighted by atomic mass is 10.1. The molecule has 0 bridgehead atoms. The van der Waals surface area contributed by atoms with Crippen LogP contribution in [0.1, 0.15) is 31.7 Å². The third-order valence-corrected chi connectivity index (χ3v) is 7.42. The Hall–Kier alpha value is -1.48. The van der Waals surface area contributed by atoms with Gasteiger partial charge in [0.05, 0.1) is 24.5 Å². The molecule has 2 aliphatic heterocycles. The number of nitrogens with one attached hydrogen (secondary N) is 1. The molecule has 8 heteroatoms. The zero-order valence-corrected chi connectivity index (χ0v) is 17.4.